The molecule has 1 fully saturated rings. The number of benzene rings is 2. The third-order valence-electron chi connectivity index (χ3n) is 6.63. The summed E-state index contributed by atoms with van der Waals surface area (Å²) in [5, 5.41) is 14.7. The minimum Gasteiger partial charge on any atom is -0.383 e. The first-order valence-corrected chi connectivity index (χ1v) is 13.7. The van der Waals surface area contributed by atoms with Gasteiger partial charge in [0.1, 0.15) is 28.0 Å². The summed E-state index contributed by atoms with van der Waals surface area (Å²) < 4.78 is 6.58. The fraction of sp³-hybridized carbons (Fsp3) is 0.276. The van der Waals surface area contributed by atoms with Gasteiger partial charge in [0.25, 0.3) is 5.91 Å². The van der Waals surface area contributed by atoms with Crippen molar-refractivity contribution in [3.05, 3.63) is 70.2 Å². The number of nitriles is 1. The van der Waals surface area contributed by atoms with Gasteiger partial charge in [0.2, 0.25) is 0 Å². The number of aromatic nitrogens is 1. The zero-order valence-electron chi connectivity index (χ0n) is 21.4. The Labute approximate surface area is 230 Å². The highest BCUT2D eigenvalue weighted by Crippen LogP contribution is 2.45. The van der Waals surface area contributed by atoms with E-state index in [-0.39, 0.29) is 29.5 Å². The predicted octanol–water partition coefficient (Wildman–Crippen LogP) is 6.63. The molecule has 38 heavy (non-hydrogen) atoms. The van der Waals surface area contributed by atoms with Gasteiger partial charge in [0.05, 0.1) is 22.4 Å². The number of nitrogens with one attached hydrogen (secondary N) is 1. The molecule has 2 unspecified atom stereocenters. The number of nitrogens with zero attached hydrogens (tertiary/aromatic N) is 3. The van der Waals surface area contributed by atoms with Gasteiger partial charge in [-0.15, -0.1) is 11.3 Å². The van der Waals surface area contributed by atoms with Crippen molar-refractivity contribution in [3.8, 4) is 17.2 Å². The molecule has 0 spiro atoms. The number of morpholine rings is 1. The number of thiophene rings is 1. The zero-order chi connectivity index (χ0) is 27.0. The van der Waals surface area contributed by atoms with Gasteiger partial charge in [-0.2, -0.15) is 5.26 Å². The maximum absolute atomic E-state index is 14.1. The normalized spacial score (nSPS) is 17.4. The van der Waals surface area contributed by atoms with Crippen LogP contribution in [0.2, 0.25) is 5.02 Å². The molecule has 3 heterocycles. The molecular weight excluding hydrogens is 518 g/mol. The van der Waals surface area contributed by atoms with Crippen LogP contribution in [0.25, 0.3) is 21.3 Å². The zero-order valence-corrected chi connectivity index (χ0v) is 23.0. The number of fused-ring (bicyclic) bond motifs is 1. The lowest BCUT2D eigenvalue weighted by Gasteiger charge is -2.35. The largest absolute Gasteiger partial charge is 0.383 e. The molecule has 0 radical (unpaired) electrons. The van der Waals surface area contributed by atoms with Gasteiger partial charge in [0, 0.05) is 29.4 Å². The van der Waals surface area contributed by atoms with E-state index in [0.29, 0.717) is 44.5 Å². The van der Waals surface area contributed by atoms with E-state index in [1.165, 1.54) is 16.9 Å². The monoisotopic (exact) mass is 545 g/mol. The van der Waals surface area contributed by atoms with Crippen molar-refractivity contribution < 1.29 is 9.53 Å². The maximum atomic E-state index is 14.1. The Kier molecular flexibility index (Phi) is 7.26. The number of halogens is 1. The fourth-order valence-corrected chi connectivity index (χ4v) is 6.22. The number of nitrogens with two attached hydrogens (primary N) is 1. The van der Waals surface area contributed by atoms with Crippen molar-refractivity contribution in [2.45, 2.75) is 39.4 Å². The topological polar surface area (TPSA) is 104 Å². The molecule has 4 aromatic rings. The molecule has 0 aliphatic carbocycles. The number of aryl methyl sites for hydroxylation is 1. The van der Waals surface area contributed by atoms with Crippen LogP contribution in [0.5, 0.6) is 0 Å². The Bertz CT molecular complexity index is 1530. The summed E-state index contributed by atoms with van der Waals surface area (Å²) in [5.41, 5.74) is 11.0. The highest BCUT2D eigenvalue weighted by atomic mass is 35.5. The minimum atomic E-state index is -0.149. The van der Waals surface area contributed by atoms with E-state index in [0.717, 1.165) is 17.7 Å². The van der Waals surface area contributed by atoms with E-state index in [2.05, 4.69) is 35.4 Å². The van der Waals surface area contributed by atoms with Gasteiger partial charge >= 0.3 is 0 Å². The maximum Gasteiger partial charge on any atom is 0.259 e. The number of nitrogen functional groups attached to an aromatic ring is 1. The van der Waals surface area contributed by atoms with Crippen LogP contribution in [-0.4, -0.2) is 41.1 Å². The lowest BCUT2D eigenvalue weighted by Crippen LogP contribution is -2.48. The van der Waals surface area contributed by atoms with E-state index in [1.54, 1.807) is 12.1 Å². The molecule has 7 nitrogen and oxygen atoms in total. The first-order chi connectivity index (χ1) is 18.3. The van der Waals surface area contributed by atoms with Crippen LogP contribution in [0.15, 0.2) is 48.5 Å². The van der Waals surface area contributed by atoms with Crippen molar-refractivity contribution in [2.24, 2.45) is 0 Å². The van der Waals surface area contributed by atoms with E-state index in [4.69, 9.17) is 22.1 Å². The van der Waals surface area contributed by atoms with Crippen molar-refractivity contribution in [1.82, 2.24) is 9.88 Å². The Morgan fingerprint density at radius 1 is 1.18 bits per heavy atom. The number of rotatable bonds is 5. The number of carbonyl (C=O) groups excluding carboxylic acids is 1. The SMILES string of the molecule is CCc1ccc(Nc2sc3c(-c4ccc(Cl)cc4)c(C#N)c(N)nc3c2C(=O)N2CC(C)OC(C)C2)cc1. The molecule has 9 heteroatoms. The second-order valence-corrected chi connectivity index (χ2v) is 10.9. The van der Waals surface area contributed by atoms with Gasteiger partial charge in [0.15, 0.2) is 0 Å². The van der Waals surface area contributed by atoms with Crippen LogP contribution in [0.4, 0.5) is 16.5 Å². The average molecular weight is 546 g/mol. The summed E-state index contributed by atoms with van der Waals surface area (Å²) in [6, 6.07) is 17.6. The van der Waals surface area contributed by atoms with Crippen LogP contribution in [0.3, 0.4) is 0 Å². The van der Waals surface area contributed by atoms with Crippen molar-refractivity contribution in [2.75, 3.05) is 24.1 Å². The fourth-order valence-electron chi connectivity index (χ4n) is 4.86. The summed E-state index contributed by atoms with van der Waals surface area (Å²) in [6.07, 6.45) is 0.766. The third-order valence-corrected chi connectivity index (χ3v) is 8.00. The van der Waals surface area contributed by atoms with Gasteiger partial charge in [-0.25, -0.2) is 4.98 Å². The van der Waals surface area contributed by atoms with Crippen LogP contribution < -0.4 is 11.1 Å². The van der Waals surface area contributed by atoms with Crippen molar-refractivity contribution in [3.63, 3.8) is 0 Å². The molecule has 5 rings (SSSR count). The van der Waals surface area contributed by atoms with Gasteiger partial charge < -0.3 is 20.7 Å². The standard InChI is InChI=1S/C29H28ClN5O2S/c1-4-18-5-11-21(12-6-18)33-28-24(29(36)35-14-16(2)37-17(3)15-35)25-26(38-28)23(22(13-31)27(32)34-25)19-7-9-20(30)10-8-19/h5-12,16-17,33H,4,14-15H2,1-3H3,(H2,32,34). The third kappa shape index (κ3) is 4.93. The molecule has 0 bridgehead atoms. The lowest BCUT2D eigenvalue weighted by molar-refractivity contribution is -0.0585. The van der Waals surface area contributed by atoms with E-state index in [9.17, 15) is 10.1 Å². The molecule has 1 saturated heterocycles. The number of amides is 1. The van der Waals surface area contributed by atoms with Crippen molar-refractivity contribution in [1.29, 1.82) is 5.26 Å². The van der Waals surface area contributed by atoms with E-state index < -0.39 is 0 Å². The quantitative estimate of drug-likeness (QED) is 0.292. The molecule has 194 valence electrons. The molecule has 3 N–H and O–H groups in total. The number of hydrogen-bond acceptors (Lipinski definition) is 7. The second-order valence-electron chi connectivity index (χ2n) is 9.49. The van der Waals surface area contributed by atoms with Crippen molar-refractivity contribution >= 4 is 55.6 Å². The number of pyridine rings is 1. The van der Waals surface area contributed by atoms with Crippen LogP contribution in [0, 0.1) is 11.3 Å². The summed E-state index contributed by atoms with van der Waals surface area (Å²) in [7, 11) is 0. The molecule has 2 aromatic heterocycles. The molecule has 2 atom stereocenters. The summed E-state index contributed by atoms with van der Waals surface area (Å²) in [6.45, 7) is 6.98. The molecule has 2 aromatic carbocycles. The van der Waals surface area contributed by atoms with Crippen LogP contribution in [-0.2, 0) is 11.2 Å². The minimum absolute atomic E-state index is 0.0827. The Morgan fingerprint density at radius 2 is 1.84 bits per heavy atom. The average Bonchev–Trinajstić information content (AvgIpc) is 3.24. The van der Waals surface area contributed by atoms with E-state index >= 15 is 0 Å². The number of anilines is 3. The van der Waals surface area contributed by atoms with Crippen LogP contribution in [0.1, 0.15) is 42.3 Å². The van der Waals surface area contributed by atoms with Gasteiger partial charge in [-0.1, -0.05) is 42.8 Å². The molecular formula is C29H28ClN5O2S. The molecule has 0 saturated carbocycles. The summed E-state index contributed by atoms with van der Waals surface area (Å²) >= 11 is 7.54. The van der Waals surface area contributed by atoms with Gasteiger partial charge in [-0.05, 0) is 55.7 Å². The Morgan fingerprint density at radius 3 is 2.45 bits per heavy atom. The lowest BCUT2D eigenvalue weighted by atomic mass is 9.99. The number of hydrogen-bond donors (Lipinski definition) is 2. The first kappa shape index (κ1) is 26.0. The summed E-state index contributed by atoms with van der Waals surface area (Å²) in [5.74, 6) is -0.0658. The number of carbonyl (C=O) groups is 1. The first-order valence-electron chi connectivity index (χ1n) is 12.5. The summed E-state index contributed by atoms with van der Waals surface area (Å²) in [4.78, 5) is 20.5. The second kappa shape index (κ2) is 10.6. The molecule has 1 amide bonds. The Balaban J connectivity index is 1.73. The van der Waals surface area contributed by atoms with Gasteiger partial charge in [-0.3, -0.25) is 4.79 Å². The Hall–Kier alpha value is -3.64. The smallest absolute Gasteiger partial charge is 0.259 e. The van der Waals surface area contributed by atoms with E-state index in [1.807, 2.05) is 43.0 Å². The highest BCUT2D eigenvalue weighted by molar-refractivity contribution is 7.24. The molecule has 1 aliphatic rings. The predicted molar refractivity (Wildman–Crippen MR) is 154 cm³/mol. The van der Waals surface area contributed by atoms with Crippen LogP contribution >= 0.6 is 22.9 Å². The highest BCUT2D eigenvalue weighted by Gasteiger charge is 2.32. The number of ether oxygens (including phenoxy) is 1. The molecule has 1 aliphatic heterocycles.